The van der Waals surface area contributed by atoms with Crippen LogP contribution in [0.3, 0.4) is 0 Å². The third-order valence-electron chi connectivity index (χ3n) is 5.28. The standard InChI is InChI=1S/C20H18FN5O3S/c1-11-4-5-22-18-17(11)20(23-25(18)2)30(28)24-19(27)16-10-13-14(21)8-12(9-15(13)29-16)26-6-3-7-26/h4-5,8-10H,3,6-7H2,1-2H3,(H,24,27). The number of halogens is 1. The van der Waals surface area contributed by atoms with Crippen molar-refractivity contribution in [3.05, 3.63) is 47.6 Å². The molecule has 1 unspecified atom stereocenters. The molecule has 154 valence electrons. The van der Waals surface area contributed by atoms with Crippen LogP contribution in [0.15, 0.2) is 39.9 Å². The molecule has 0 radical (unpaired) electrons. The first-order valence-electron chi connectivity index (χ1n) is 9.41. The van der Waals surface area contributed by atoms with E-state index in [0.717, 1.165) is 30.8 Å². The fraction of sp³-hybridized carbons (Fsp3) is 0.250. The first-order valence-corrected chi connectivity index (χ1v) is 10.6. The molecule has 8 nitrogen and oxygen atoms in total. The number of fused-ring (bicyclic) bond motifs is 2. The van der Waals surface area contributed by atoms with Crippen molar-refractivity contribution in [2.24, 2.45) is 7.05 Å². The highest BCUT2D eigenvalue weighted by Crippen LogP contribution is 2.30. The van der Waals surface area contributed by atoms with Crippen molar-refractivity contribution in [2.75, 3.05) is 18.0 Å². The van der Waals surface area contributed by atoms with Crippen LogP contribution in [0.25, 0.3) is 22.0 Å². The fourth-order valence-corrected chi connectivity index (χ4v) is 4.55. The largest absolute Gasteiger partial charge is 0.586 e. The summed E-state index contributed by atoms with van der Waals surface area (Å²) in [7, 11) is 1.69. The van der Waals surface area contributed by atoms with Gasteiger partial charge in [0.1, 0.15) is 28.1 Å². The number of aryl methyl sites for hydroxylation is 2. The molecule has 0 saturated carbocycles. The van der Waals surface area contributed by atoms with Crippen LogP contribution in [0, 0.1) is 12.7 Å². The van der Waals surface area contributed by atoms with Gasteiger partial charge >= 0.3 is 5.91 Å². The molecular weight excluding hydrogens is 409 g/mol. The normalized spacial score (nSPS) is 14.9. The highest BCUT2D eigenvalue weighted by atomic mass is 32.2. The summed E-state index contributed by atoms with van der Waals surface area (Å²) in [5.41, 5.74) is 2.40. The van der Waals surface area contributed by atoms with E-state index in [0.29, 0.717) is 11.0 Å². The maximum atomic E-state index is 14.5. The van der Waals surface area contributed by atoms with Gasteiger partial charge in [-0.3, -0.25) is 4.79 Å². The van der Waals surface area contributed by atoms with Gasteiger partial charge in [0.05, 0.1) is 5.39 Å². The first kappa shape index (κ1) is 18.9. The summed E-state index contributed by atoms with van der Waals surface area (Å²) in [4.78, 5) is 18.9. The highest BCUT2D eigenvalue weighted by Gasteiger charge is 2.28. The van der Waals surface area contributed by atoms with Crippen LogP contribution in [0.4, 0.5) is 10.1 Å². The molecule has 0 bridgehead atoms. The number of benzene rings is 1. The van der Waals surface area contributed by atoms with E-state index in [1.807, 2.05) is 11.8 Å². The summed E-state index contributed by atoms with van der Waals surface area (Å²) in [6.07, 6.45) is 2.70. The molecule has 4 heterocycles. The molecule has 0 aliphatic carbocycles. The minimum absolute atomic E-state index is 0.118. The average Bonchev–Trinajstić information content (AvgIpc) is 3.23. The van der Waals surface area contributed by atoms with Gasteiger partial charge in [0.25, 0.3) is 5.03 Å². The quantitative estimate of drug-likeness (QED) is 0.503. The van der Waals surface area contributed by atoms with Gasteiger partial charge in [-0.15, -0.1) is 5.10 Å². The van der Waals surface area contributed by atoms with Gasteiger partial charge in [0.2, 0.25) is 0 Å². The van der Waals surface area contributed by atoms with Crippen molar-refractivity contribution in [1.29, 1.82) is 0 Å². The number of carbonyl (C=O) groups excluding carboxylic acids is 1. The van der Waals surface area contributed by atoms with Crippen molar-refractivity contribution in [3.63, 3.8) is 0 Å². The zero-order chi connectivity index (χ0) is 21.0. The fourth-order valence-electron chi connectivity index (χ4n) is 3.55. The van der Waals surface area contributed by atoms with Crippen LogP contribution in [0.1, 0.15) is 22.5 Å². The summed E-state index contributed by atoms with van der Waals surface area (Å²) < 4.78 is 36.8. The van der Waals surface area contributed by atoms with Crippen LogP contribution in [-0.2, 0) is 18.4 Å². The second-order valence-corrected chi connectivity index (χ2v) is 8.37. The molecule has 1 aliphatic rings. The number of carbonyl (C=O) groups is 1. The molecule has 30 heavy (non-hydrogen) atoms. The minimum atomic E-state index is -1.94. The van der Waals surface area contributed by atoms with Crippen LogP contribution < -0.4 is 9.62 Å². The number of nitrogens with one attached hydrogen (secondary N) is 1. The zero-order valence-electron chi connectivity index (χ0n) is 16.3. The maximum Gasteiger partial charge on any atom is 0.328 e. The van der Waals surface area contributed by atoms with Gasteiger partial charge in [-0.25, -0.2) is 14.1 Å². The summed E-state index contributed by atoms with van der Waals surface area (Å²) in [6, 6.07) is 6.25. The second-order valence-electron chi connectivity index (χ2n) is 7.25. The van der Waals surface area contributed by atoms with Crippen molar-refractivity contribution < 1.29 is 18.2 Å². The van der Waals surface area contributed by atoms with Crippen LogP contribution in [0.2, 0.25) is 0 Å². The van der Waals surface area contributed by atoms with Crippen LogP contribution >= 0.6 is 0 Å². The molecule has 0 spiro atoms. The molecule has 1 fully saturated rings. The molecule has 1 N–H and O–H groups in total. The number of hydrogen-bond donors (Lipinski definition) is 1. The van der Waals surface area contributed by atoms with E-state index in [9.17, 15) is 13.7 Å². The minimum Gasteiger partial charge on any atom is -0.586 e. The van der Waals surface area contributed by atoms with Gasteiger partial charge in [-0.1, -0.05) is 0 Å². The lowest BCUT2D eigenvalue weighted by Gasteiger charge is -2.33. The van der Waals surface area contributed by atoms with Crippen molar-refractivity contribution in [3.8, 4) is 0 Å². The predicted molar refractivity (Wildman–Crippen MR) is 110 cm³/mol. The number of anilines is 1. The number of nitrogens with zero attached hydrogens (tertiary/aromatic N) is 4. The van der Waals surface area contributed by atoms with Gasteiger partial charge in [-0.05, 0) is 31.0 Å². The molecule has 4 aromatic rings. The summed E-state index contributed by atoms with van der Waals surface area (Å²) >= 11 is -1.94. The Labute approximate surface area is 174 Å². The number of amides is 1. The molecular formula is C20H18FN5O3S. The Morgan fingerprint density at radius 3 is 2.87 bits per heavy atom. The third kappa shape index (κ3) is 2.99. The lowest BCUT2D eigenvalue weighted by Crippen LogP contribution is -2.36. The van der Waals surface area contributed by atoms with E-state index in [4.69, 9.17) is 4.42 Å². The second kappa shape index (κ2) is 6.99. The topological polar surface area (TPSA) is 99.2 Å². The van der Waals surface area contributed by atoms with Gasteiger partial charge in [0, 0.05) is 44.2 Å². The average molecular weight is 427 g/mol. The van der Waals surface area contributed by atoms with Crippen molar-refractivity contribution in [1.82, 2.24) is 19.5 Å². The van der Waals surface area contributed by atoms with Crippen molar-refractivity contribution >= 4 is 45.0 Å². The van der Waals surface area contributed by atoms with Crippen molar-refractivity contribution in [2.45, 2.75) is 18.4 Å². The lowest BCUT2D eigenvalue weighted by atomic mass is 10.1. The Balaban J connectivity index is 1.44. The molecule has 1 aliphatic heterocycles. The number of hydrogen-bond acceptors (Lipinski definition) is 6. The summed E-state index contributed by atoms with van der Waals surface area (Å²) in [6.45, 7) is 3.58. The molecule has 1 aromatic carbocycles. The monoisotopic (exact) mass is 427 g/mol. The smallest absolute Gasteiger partial charge is 0.328 e. The van der Waals surface area contributed by atoms with E-state index in [2.05, 4.69) is 14.8 Å². The first-order chi connectivity index (χ1) is 14.4. The molecule has 1 atom stereocenters. The molecule has 1 saturated heterocycles. The number of rotatable bonds is 4. The molecule has 3 aromatic heterocycles. The van der Waals surface area contributed by atoms with E-state index in [1.54, 1.807) is 25.4 Å². The molecule has 1 amide bonds. The van der Waals surface area contributed by atoms with E-state index < -0.39 is 23.1 Å². The Hall–Kier alpha value is -3.11. The Morgan fingerprint density at radius 1 is 1.33 bits per heavy atom. The van der Waals surface area contributed by atoms with Gasteiger partial charge < -0.3 is 13.9 Å². The summed E-state index contributed by atoms with van der Waals surface area (Å²) in [5, 5.41) is 5.27. The lowest BCUT2D eigenvalue weighted by molar-refractivity contribution is 0.0956. The Kier molecular flexibility index (Phi) is 4.40. The van der Waals surface area contributed by atoms with Gasteiger partial charge in [-0.2, -0.15) is 4.72 Å². The predicted octanol–water partition coefficient (Wildman–Crippen LogP) is 2.82. The zero-order valence-corrected chi connectivity index (χ0v) is 17.1. The third-order valence-corrected chi connectivity index (χ3v) is 6.29. The van der Waals surface area contributed by atoms with Crippen LogP contribution in [-0.4, -0.2) is 38.3 Å². The number of aromatic nitrogens is 3. The van der Waals surface area contributed by atoms with E-state index in [-0.39, 0.29) is 21.8 Å². The SMILES string of the molecule is Cc1ccnc2c1c([S+]([O-])NC(=O)c1cc3c(F)cc(N4CCC4)cc3o1)nn2C. The Bertz CT molecular complexity index is 1300. The van der Waals surface area contributed by atoms with Gasteiger partial charge in [0.15, 0.2) is 11.4 Å². The van der Waals surface area contributed by atoms with Crippen LogP contribution in [0.5, 0.6) is 0 Å². The maximum absolute atomic E-state index is 14.5. The Morgan fingerprint density at radius 2 is 2.13 bits per heavy atom. The van der Waals surface area contributed by atoms with E-state index >= 15 is 0 Å². The molecule has 5 rings (SSSR count). The highest BCUT2D eigenvalue weighted by molar-refractivity contribution is 7.90. The molecule has 10 heteroatoms. The van der Waals surface area contributed by atoms with E-state index in [1.165, 1.54) is 16.8 Å². The number of pyridine rings is 1. The summed E-state index contributed by atoms with van der Waals surface area (Å²) in [5.74, 6) is -1.29. The number of furan rings is 1.